The molecule has 0 aliphatic carbocycles. The fourth-order valence-electron chi connectivity index (χ4n) is 1.65. The molecule has 88 valence electrons. The molecule has 4 heteroatoms. The Morgan fingerprint density at radius 1 is 1.12 bits per heavy atom. The molecule has 0 aliphatic heterocycles. The van der Waals surface area contributed by atoms with Gasteiger partial charge in [0.25, 0.3) is 0 Å². The van der Waals surface area contributed by atoms with Gasteiger partial charge >= 0.3 is 0 Å². The van der Waals surface area contributed by atoms with Gasteiger partial charge in [-0.15, -0.1) is 0 Å². The van der Waals surface area contributed by atoms with Crippen LogP contribution in [0.25, 0.3) is 0 Å². The van der Waals surface area contributed by atoms with Crippen molar-refractivity contribution < 1.29 is 4.39 Å². The van der Waals surface area contributed by atoms with Gasteiger partial charge in [0, 0.05) is 15.1 Å². The molecule has 1 atom stereocenters. The first kappa shape index (κ1) is 12.6. The summed E-state index contributed by atoms with van der Waals surface area (Å²) in [7, 11) is 0. The van der Waals surface area contributed by atoms with Gasteiger partial charge < -0.3 is 5.73 Å². The van der Waals surface area contributed by atoms with Crippen molar-refractivity contribution in [3.63, 3.8) is 0 Å². The van der Waals surface area contributed by atoms with Gasteiger partial charge in [-0.05, 0) is 23.8 Å². The van der Waals surface area contributed by atoms with Crippen LogP contribution in [-0.2, 0) is 0 Å². The number of hydrogen-bond acceptors (Lipinski definition) is 1. The van der Waals surface area contributed by atoms with Crippen molar-refractivity contribution in [1.82, 2.24) is 0 Å². The summed E-state index contributed by atoms with van der Waals surface area (Å²) in [6.07, 6.45) is 0. The van der Waals surface area contributed by atoms with E-state index in [1.807, 2.05) is 0 Å². The summed E-state index contributed by atoms with van der Waals surface area (Å²) in [6, 6.07) is 11.3. The zero-order valence-corrected chi connectivity index (χ0v) is 11.2. The SMILES string of the molecule is NC(c1ccccc1F)c1ccc(Cl)cc1Br. The summed E-state index contributed by atoms with van der Waals surface area (Å²) < 4.78 is 14.4. The van der Waals surface area contributed by atoms with Gasteiger partial charge in [0.2, 0.25) is 0 Å². The van der Waals surface area contributed by atoms with Gasteiger partial charge in [0.05, 0.1) is 6.04 Å². The Kier molecular flexibility index (Phi) is 3.82. The van der Waals surface area contributed by atoms with Crippen LogP contribution in [0.5, 0.6) is 0 Å². The summed E-state index contributed by atoms with van der Waals surface area (Å²) in [4.78, 5) is 0. The molecule has 1 unspecified atom stereocenters. The molecule has 0 saturated carbocycles. The first-order valence-corrected chi connectivity index (χ1v) is 6.21. The largest absolute Gasteiger partial charge is 0.320 e. The molecule has 0 aliphatic rings. The van der Waals surface area contributed by atoms with Crippen LogP contribution in [0.3, 0.4) is 0 Å². The van der Waals surface area contributed by atoms with E-state index in [0.29, 0.717) is 10.6 Å². The first-order valence-electron chi connectivity index (χ1n) is 5.04. The van der Waals surface area contributed by atoms with Crippen LogP contribution in [0, 0.1) is 5.82 Å². The fraction of sp³-hybridized carbons (Fsp3) is 0.0769. The summed E-state index contributed by atoms with van der Waals surface area (Å²) in [6.45, 7) is 0. The number of halogens is 3. The van der Waals surface area contributed by atoms with Crippen molar-refractivity contribution in [1.29, 1.82) is 0 Å². The highest BCUT2D eigenvalue weighted by Gasteiger charge is 2.15. The topological polar surface area (TPSA) is 26.0 Å². The highest BCUT2D eigenvalue weighted by Crippen LogP contribution is 2.30. The maximum atomic E-state index is 13.6. The average molecular weight is 315 g/mol. The van der Waals surface area contributed by atoms with E-state index in [-0.39, 0.29) is 5.82 Å². The summed E-state index contributed by atoms with van der Waals surface area (Å²) in [5.41, 5.74) is 7.33. The molecule has 0 bridgehead atoms. The highest BCUT2D eigenvalue weighted by molar-refractivity contribution is 9.10. The number of benzene rings is 2. The van der Waals surface area contributed by atoms with Crippen molar-refractivity contribution in [2.75, 3.05) is 0 Å². The van der Waals surface area contributed by atoms with E-state index in [2.05, 4.69) is 15.9 Å². The molecule has 0 saturated heterocycles. The Balaban J connectivity index is 2.44. The summed E-state index contributed by atoms with van der Waals surface area (Å²) in [5.74, 6) is -0.304. The number of nitrogens with two attached hydrogens (primary N) is 1. The molecule has 0 heterocycles. The van der Waals surface area contributed by atoms with Crippen molar-refractivity contribution in [3.8, 4) is 0 Å². The van der Waals surface area contributed by atoms with Gasteiger partial charge in [-0.1, -0.05) is 51.8 Å². The normalized spacial score (nSPS) is 12.5. The van der Waals surface area contributed by atoms with Crippen LogP contribution in [-0.4, -0.2) is 0 Å². The van der Waals surface area contributed by atoms with E-state index in [9.17, 15) is 4.39 Å². The van der Waals surface area contributed by atoms with E-state index in [1.54, 1.807) is 36.4 Å². The molecule has 0 aromatic heterocycles. The molecule has 0 spiro atoms. The highest BCUT2D eigenvalue weighted by atomic mass is 79.9. The number of hydrogen-bond donors (Lipinski definition) is 1. The van der Waals surface area contributed by atoms with Crippen molar-refractivity contribution >= 4 is 27.5 Å². The predicted molar refractivity (Wildman–Crippen MR) is 71.6 cm³/mol. The molecule has 2 N–H and O–H groups in total. The van der Waals surface area contributed by atoms with Crippen LogP contribution < -0.4 is 5.73 Å². The lowest BCUT2D eigenvalue weighted by Gasteiger charge is -2.15. The zero-order valence-electron chi connectivity index (χ0n) is 8.83. The van der Waals surface area contributed by atoms with Gasteiger partial charge in [0.1, 0.15) is 5.82 Å². The standard InChI is InChI=1S/C13H10BrClFN/c14-11-7-8(15)5-6-9(11)13(17)10-3-1-2-4-12(10)16/h1-7,13H,17H2. The first-order chi connectivity index (χ1) is 8.09. The Hall–Kier alpha value is -0.900. The fourth-order valence-corrected chi connectivity index (χ4v) is 2.58. The van der Waals surface area contributed by atoms with Crippen molar-refractivity contribution in [2.45, 2.75) is 6.04 Å². The maximum absolute atomic E-state index is 13.6. The second kappa shape index (κ2) is 5.17. The molecular weight excluding hydrogens is 305 g/mol. The molecule has 2 rings (SSSR count). The van der Waals surface area contributed by atoms with Gasteiger partial charge in [-0.25, -0.2) is 4.39 Å². The third kappa shape index (κ3) is 2.68. The molecule has 2 aromatic rings. The lowest BCUT2D eigenvalue weighted by atomic mass is 9.99. The van der Waals surface area contributed by atoms with E-state index >= 15 is 0 Å². The molecule has 0 amide bonds. The monoisotopic (exact) mass is 313 g/mol. The summed E-state index contributed by atoms with van der Waals surface area (Å²) >= 11 is 9.24. The second-order valence-electron chi connectivity index (χ2n) is 3.67. The quantitative estimate of drug-likeness (QED) is 0.879. The zero-order chi connectivity index (χ0) is 12.4. The van der Waals surface area contributed by atoms with Gasteiger partial charge in [-0.2, -0.15) is 0 Å². The van der Waals surface area contributed by atoms with E-state index in [0.717, 1.165) is 10.0 Å². The van der Waals surface area contributed by atoms with Crippen LogP contribution in [0.15, 0.2) is 46.9 Å². The summed E-state index contributed by atoms with van der Waals surface area (Å²) in [5, 5.41) is 0.612. The minimum Gasteiger partial charge on any atom is -0.320 e. The minimum atomic E-state index is -0.511. The molecule has 17 heavy (non-hydrogen) atoms. The van der Waals surface area contributed by atoms with Crippen LogP contribution in [0.1, 0.15) is 17.2 Å². The third-order valence-electron chi connectivity index (χ3n) is 2.54. The Morgan fingerprint density at radius 3 is 2.47 bits per heavy atom. The van der Waals surface area contributed by atoms with E-state index in [4.69, 9.17) is 17.3 Å². The second-order valence-corrected chi connectivity index (χ2v) is 4.96. The molecule has 2 aromatic carbocycles. The van der Waals surface area contributed by atoms with Gasteiger partial charge in [-0.3, -0.25) is 0 Å². The van der Waals surface area contributed by atoms with E-state index in [1.165, 1.54) is 6.07 Å². The maximum Gasteiger partial charge on any atom is 0.128 e. The number of rotatable bonds is 2. The Morgan fingerprint density at radius 2 is 1.82 bits per heavy atom. The van der Waals surface area contributed by atoms with Crippen LogP contribution in [0.4, 0.5) is 4.39 Å². The smallest absolute Gasteiger partial charge is 0.128 e. The molecule has 1 nitrogen and oxygen atoms in total. The minimum absolute atomic E-state index is 0.304. The lowest BCUT2D eigenvalue weighted by molar-refractivity contribution is 0.599. The molecule has 0 fully saturated rings. The third-order valence-corrected chi connectivity index (χ3v) is 3.46. The van der Waals surface area contributed by atoms with Crippen LogP contribution in [0.2, 0.25) is 5.02 Å². The lowest BCUT2D eigenvalue weighted by Crippen LogP contribution is -2.14. The van der Waals surface area contributed by atoms with E-state index < -0.39 is 6.04 Å². The Bertz CT molecular complexity index is 545. The Labute approximate surface area is 113 Å². The van der Waals surface area contributed by atoms with Crippen molar-refractivity contribution in [3.05, 3.63) is 68.9 Å². The molecule has 0 radical (unpaired) electrons. The average Bonchev–Trinajstić information content (AvgIpc) is 2.29. The predicted octanol–water partition coefficient (Wildman–Crippen LogP) is 4.29. The van der Waals surface area contributed by atoms with Crippen molar-refractivity contribution in [2.24, 2.45) is 5.73 Å². The van der Waals surface area contributed by atoms with Crippen LogP contribution >= 0.6 is 27.5 Å². The molecular formula is C13H10BrClFN. The van der Waals surface area contributed by atoms with Gasteiger partial charge in [0.15, 0.2) is 0 Å².